The molecule has 0 aliphatic heterocycles. The minimum Gasteiger partial charge on any atom is -0.435 e. The number of aryl methyl sites for hydroxylation is 1. The van der Waals surface area contributed by atoms with Gasteiger partial charge in [0.1, 0.15) is 5.75 Å². The second-order valence-electron chi connectivity index (χ2n) is 4.70. The summed E-state index contributed by atoms with van der Waals surface area (Å²) in [6, 6.07) is 12.4. The summed E-state index contributed by atoms with van der Waals surface area (Å²) in [6.07, 6.45) is 0. The highest BCUT2D eigenvalue weighted by atomic mass is 35.5. The third-order valence-electron chi connectivity index (χ3n) is 3.10. The summed E-state index contributed by atoms with van der Waals surface area (Å²) in [5.74, 6) is 0.169. The van der Waals surface area contributed by atoms with Gasteiger partial charge in [-0.2, -0.15) is 8.78 Å². The lowest BCUT2D eigenvalue weighted by Crippen LogP contribution is -2.13. The smallest absolute Gasteiger partial charge is 0.387 e. The molecule has 0 spiro atoms. The van der Waals surface area contributed by atoms with Crippen molar-refractivity contribution in [3.05, 3.63) is 64.2 Å². The fourth-order valence-electron chi connectivity index (χ4n) is 1.99. The maximum atomic E-state index is 12.0. The monoisotopic (exact) mass is 311 g/mol. The maximum absolute atomic E-state index is 12.0. The van der Waals surface area contributed by atoms with Crippen molar-refractivity contribution in [2.45, 2.75) is 26.6 Å². The van der Waals surface area contributed by atoms with Gasteiger partial charge in [0.05, 0.1) is 0 Å². The standard InChI is InChI=1S/C16H16ClF2NO/c1-11-8-14(17)5-4-13(11)10-20-9-12-2-6-15(7-3-12)21-16(18)19/h2-8,16,20H,9-10H2,1H3. The molecule has 112 valence electrons. The molecule has 0 heterocycles. The molecule has 0 radical (unpaired) electrons. The first-order valence-corrected chi connectivity index (χ1v) is 6.92. The zero-order valence-electron chi connectivity index (χ0n) is 11.6. The van der Waals surface area contributed by atoms with Crippen molar-refractivity contribution in [3.8, 4) is 5.75 Å². The van der Waals surface area contributed by atoms with Gasteiger partial charge in [-0.3, -0.25) is 0 Å². The number of nitrogens with one attached hydrogen (secondary N) is 1. The molecule has 2 aromatic rings. The number of hydrogen-bond donors (Lipinski definition) is 1. The maximum Gasteiger partial charge on any atom is 0.387 e. The lowest BCUT2D eigenvalue weighted by Gasteiger charge is -2.09. The van der Waals surface area contributed by atoms with Crippen LogP contribution in [0.3, 0.4) is 0 Å². The van der Waals surface area contributed by atoms with Crippen LogP contribution in [0.15, 0.2) is 42.5 Å². The van der Waals surface area contributed by atoms with Gasteiger partial charge in [0.25, 0.3) is 0 Å². The number of ether oxygens (including phenoxy) is 1. The topological polar surface area (TPSA) is 21.3 Å². The van der Waals surface area contributed by atoms with E-state index in [-0.39, 0.29) is 5.75 Å². The molecule has 21 heavy (non-hydrogen) atoms. The normalized spacial score (nSPS) is 10.9. The van der Waals surface area contributed by atoms with Gasteiger partial charge in [-0.05, 0) is 47.9 Å². The zero-order valence-corrected chi connectivity index (χ0v) is 12.3. The molecule has 1 N–H and O–H groups in total. The lowest BCUT2D eigenvalue weighted by atomic mass is 10.1. The summed E-state index contributed by atoms with van der Waals surface area (Å²) < 4.78 is 28.4. The van der Waals surface area contributed by atoms with Crippen LogP contribution in [0.25, 0.3) is 0 Å². The number of hydrogen-bond acceptors (Lipinski definition) is 2. The third kappa shape index (κ3) is 4.99. The van der Waals surface area contributed by atoms with Crippen molar-refractivity contribution in [1.29, 1.82) is 0 Å². The van der Waals surface area contributed by atoms with Crippen LogP contribution >= 0.6 is 11.6 Å². The Hall–Kier alpha value is -1.65. The van der Waals surface area contributed by atoms with Crippen LogP contribution in [0, 0.1) is 6.92 Å². The van der Waals surface area contributed by atoms with Crippen LogP contribution in [0.4, 0.5) is 8.78 Å². The Bertz CT molecular complexity index is 587. The van der Waals surface area contributed by atoms with E-state index in [9.17, 15) is 8.78 Å². The van der Waals surface area contributed by atoms with Gasteiger partial charge < -0.3 is 10.1 Å². The van der Waals surface area contributed by atoms with E-state index in [4.69, 9.17) is 11.6 Å². The third-order valence-corrected chi connectivity index (χ3v) is 3.33. The van der Waals surface area contributed by atoms with Crippen LogP contribution in [0.2, 0.25) is 5.02 Å². The van der Waals surface area contributed by atoms with Gasteiger partial charge in [0.15, 0.2) is 0 Å². The van der Waals surface area contributed by atoms with Crippen molar-refractivity contribution in [2.75, 3.05) is 0 Å². The van der Waals surface area contributed by atoms with Crippen molar-refractivity contribution in [2.24, 2.45) is 0 Å². The molecule has 0 aliphatic rings. The summed E-state index contributed by atoms with van der Waals surface area (Å²) in [5, 5.41) is 4.03. The first-order chi connectivity index (χ1) is 10.0. The SMILES string of the molecule is Cc1cc(Cl)ccc1CNCc1ccc(OC(F)F)cc1. The van der Waals surface area contributed by atoms with Crippen molar-refractivity contribution in [1.82, 2.24) is 5.32 Å². The largest absolute Gasteiger partial charge is 0.435 e. The van der Waals surface area contributed by atoms with Crippen LogP contribution < -0.4 is 10.1 Å². The number of benzene rings is 2. The van der Waals surface area contributed by atoms with Crippen LogP contribution in [-0.2, 0) is 13.1 Å². The molecular weight excluding hydrogens is 296 g/mol. The molecule has 0 amide bonds. The first-order valence-electron chi connectivity index (χ1n) is 6.54. The number of alkyl halides is 2. The van der Waals surface area contributed by atoms with E-state index in [1.165, 1.54) is 17.7 Å². The molecular formula is C16H16ClF2NO. The minimum atomic E-state index is -2.79. The van der Waals surface area contributed by atoms with E-state index in [1.807, 2.05) is 25.1 Å². The van der Waals surface area contributed by atoms with Crippen molar-refractivity contribution < 1.29 is 13.5 Å². The van der Waals surface area contributed by atoms with Gasteiger partial charge in [-0.15, -0.1) is 0 Å². The summed E-state index contributed by atoms with van der Waals surface area (Å²) in [6.45, 7) is 0.594. The molecule has 0 bridgehead atoms. The molecule has 0 fully saturated rings. The Morgan fingerprint density at radius 2 is 1.81 bits per heavy atom. The average molecular weight is 312 g/mol. The Labute approximate surface area is 127 Å². The molecule has 0 unspecified atom stereocenters. The second-order valence-corrected chi connectivity index (χ2v) is 5.13. The minimum absolute atomic E-state index is 0.169. The highest BCUT2D eigenvalue weighted by Gasteiger charge is 2.04. The quantitative estimate of drug-likeness (QED) is 0.845. The van der Waals surface area contributed by atoms with E-state index in [0.29, 0.717) is 6.54 Å². The van der Waals surface area contributed by atoms with E-state index in [0.717, 1.165) is 22.7 Å². The van der Waals surface area contributed by atoms with Gasteiger partial charge >= 0.3 is 6.61 Å². The lowest BCUT2D eigenvalue weighted by molar-refractivity contribution is -0.0498. The Balaban J connectivity index is 1.85. The van der Waals surface area contributed by atoms with Crippen LogP contribution in [0.5, 0.6) is 5.75 Å². The summed E-state index contributed by atoms with van der Waals surface area (Å²) >= 11 is 5.91. The van der Waals surface area contributed by atoms with Crippen LogP contribution in [0.1, 0.15) is 16.7 Å². The van der Waals surface area contributed by atoms with E-state index in [2.05, 4.69) is 10.1 Å². The molecule has 0 saturated carbocycles. The molecule has 0 atom stereocenters. The predicted molar refractivity (Wildman–Crippen MR) is 79.8 cm³/mol. The molecule has 0 aliphatic carbocycles. The summed E-state index contributed by atoms with van der Waals surface area (Å²) in [7, 11) is 0. The molecule has 2 rings (SSSR count). The Morgan fingerprint density at radius 1 is 1.10 bits per heavy atom. The average Bonchev–Trinajstić information content (AvgIpc) is 2.42. The van der Waals surface area contributed by atoms with Gasteiger partial charge in [0, 0.05) is 18.1 Å². The van der Waals surface area contributed by atoms with Gasteiger partial charge in [-0.25, -0.2) is 0 Å². The van der Waals surface area contributed by atoms with Crippen LogP contribution in [-0.4, -0.2) is 6.61 Å². The molecule has 2 nitrogen and oxygen atoms in total. The van der Waals surface area contributed by atoms with E-state index >= 15 is 0 Å². The molecule has 2 aromatic carbocycles. The Morgan fingerprint density at radius 3 is 2.43 bits per heavy atom. The number of halogens is 3. The highest BCUT2D eigenvalue weighted by molar-refractivity contribution is 6.30. The molecule has 5 heteroatoms. The van der Waals surface area contributed by atoms with E-state index in [1.54, 1.807) is 12.1 Å². The first kappa shape index (κ1) is 15.7. The zero-order chi connectivity index (χ0) is 15.2. The Kier molecular flexibility index (Phi) is 5.53. The van der Waals surface area contributed by atoms with Gasteiger partial charge in [0.2, 0.25) is 0 Å². The summed E-state index contributed by atoms with van der Waals surface area (Å²) in [4.78, 5) is 0. The predicted octanol–water partition coefficient (Wildman–Crippen LogP) is 4.54. The van der Waals surface area contributed by atoms with Gasteiger partial charge in [-0.1, -0.05) is 29.8 Å². The van der Waals surface area contributed by atoms with E-state index < -0.39 is 6.61 Å². The van der Waals surface area contributed by atoms with Crippen molar-refractivity contribution >= 4 is 11.6 Å². The number of rotatable bonds is 6. The second kappa shape index (κ2) is 7.38. The fraction of sp³-hybridized carbons (Fsp3) is 0.250. The summed E-state index contributed by atoms with van der Waals surface area (Å²) in [5.41, 5.74) is 3.32. The van der Waals surface area contributed by atoms with Crippen molar-refractivity contribution in [3.63, 3.8) is 0 Å². The highest BCUT2D eigenvalue weighted by Crippen LogP contribution is 2.16. The molecule has 0 aromatic heterocycles. The fourth-order valence-corrected chi connectivity index (χ4v) is 2.21. The molecule has 0 saturated heterocycles.